The van der Waals surface area contributed by atoms with Gasteiger partial charge in [-0.1, -0.05) is 32.4 Å². The van der Waals surface area contributed by atoms with Gasteiger partial charge < -0.3 is 15.4 Å². The summed E-state index contributed by atoms with van der Waals surface area (Å²) in [5, 5.41) is 5.57. The molecule has 7 nitrogen and oxygen atoms in total. The summed E-state index contributed by atoms with van der Waals surface area (Å²) in [5.74, 6) is -1.04. The van der Waals surface area contributed by atoms with Crippen LogP contribution < -0.4 is 10.6 Å². The summed E-state index contributed by atoms with van der Waals surface area (Å²) >= 11 is 0. The van der Waals surface area contributed by atoms with E-state index in [0.29, 0.717) is 0 Å². The molecule has 150 valence electrons. The predicted molar refractivity (Wildman–Crippen MR) is 105 cm³/mol. The molecule has 0 saturated carbocycles. The first-order chi connectivity index (χ1) is 12.7. The number of carbonyl (C=O) groups excluding carboxylic acids is 3. The molecule has 2 N–H and O–H groups in total. The molecule has 0 bridgehead atoms. The van der Waals surface area contributed by atoms with E-state index in [0.717, 1.165) is 23.2 Å². The van der Waals surface area contributed by atoms with Crippen molar-refractivity contribution in [1.29, 1.82) is 0 Å². The molecule has 0 aromatic heterocycles. The third-order valence-electron chi connectivity index (χ3n) is 4.69. The molecule has 0 spiro atoms. The van der Waals surface area contributed by atoms with Gasteiger partial charge in [0, 0.05) is 5.69 Å². The smallest absolute Gasteiger partial charge is 0.328 e. The van der Waals surface area contributed by atoms with Crippen LogP contribution in [0, 0.1) is 19.8 Å². The minimum absolute atomic E-state index is 0.00412. The van der Waals surface area contributed by atoms with Crippen molar-refractivity contribution < 1.29 is 19.1 Å². The first-order valence-corrected chi connectivity index (χ1v) is 9.11. The van der Waals surface area contributed by atoms with E-state index >= 15 is 0 Å². The normalized spacial score (nSPS) is 13.0. The topological polar surface area (TPSA) is 87.7 Å². The molecule has 0 unspecified atom stereocenters. The molecule has 0 saturated heterocycles. The maximum atomic E-state index is 12.3. The average molecular weight is 377 g/mol. The largest absolute Gasteiger partial charge is 0.467 e. The summed E-state index contributed by atoms with van der Waals surface area (Å²) in [6.45, 7) is 7.82. The van der Waals surface area contributed by atoms with Crippen LogP contribution in [0.2, 0.25) is 0 Å². The zero-order valence-corrected chi connectivity index (χ0v) is 17.1. The van der Waals surface area contributed by atoms with Gasteiger partial charge in [0.2, 0.25) is 11.8 Å². The van der Waals surface area contributed by atoms with Gasteiger partial charge in [0.25, 0.3) is 0 Å². The number of hydrogen-bond acceptors (Lipinski definition) is 5. The number of esters is 1. The summed E-state index contributed by atoms with van der Waals surface area (Å²) in [4.78, 5) is 37.9. The van der Waals surface area contributed by atoms with Crippen LogP contribution in [0.1, 0.15) is 31.4 Å². The highest BCUT2D eigenvalue weighted by atomic mass is 16.5. The van der Waals surface area contributed by atoms with Crippen LogP contribution in [0.4, 0.5) is 5.69 Å². The highest BCUT2D eigenvalue weighted by molar-refractivity contribution is 5.93. The Bertz CT molecular complexity index is 675. The van der Waals surface area contributed by atoms with E-state index in [1.807, 2.05) is 45.9 Å². The molecule has 0 aliphatic rings. The van der Waals surface area contributed by atoms with E-state index in [9.17, 15) is 14.4 Å². The van der Waals surface area contributed by atoms with Gasteiger partial charge in [-0.25, -0.2) is 4.79 Å². The zero-order valence-electron chi connectivity index (χ0n) is 17.1. The van der Waals surface area contributed by atoms with Crippen molar-refractivity contribution in [3.63, 3.8) is 0 Å². The van der Waals surface area contributed by atoms with E-state index in [1.165, 1.54) is 7.11 Å². The molecule has 0 radical (unpaired) electrons. The summed E-state index contributed by atoms with van der Waals surface area (Å²) in [6, 6.07) is 5.03. The molecule has 0 aliphatic carbocycles. The van der Waals surface area contributed by atoms with Crippen molar-refractivity contribution in [2.75, 3.05) is 32.6 Å². The molecule has 27 heavy (non-hydrogen) atoms. The van der Waals surface area contributed by atoms with E-state index in [-0.39, 0.29) is 30.8 Å². The first kappa shape index (κ1) is 22.6. The fraction of sp³-hybridized carbons (Fsp3) is 0.550. The summed E-state index contributed by atoms with van der Waals surface area (Å²) < 4.78 is 4.76. The standard InChI is InChI=1S/C20H31N3O4/c1-7-13(2)19(20(26)27-6)22-18(25)12-23(5)11-17(24)21-16-10-8-9-14(3)15(16)4/h8-10,13,19H,7,11-12H2,1-6H3,(H,21,24)(H,22,25)/t13-,19+/m1/s1. The van der Waals surface area contributed by atoms with Gasteiger partial charge in [0.05, 0.1) is 20.2 Å². The summed E-state index contributed by atoms with van der Waals surface area (Å²) in [6.07, 6.45) is 0.730. The van der Waals surface area contributed by atoms with Crippen LogP contribution in [-0.4, -0.2) is 56.0 Å². The van der Waals surface area contributed by atoms with Gasteiger partial charge in [-0.3, -0.25) is 14.5 Å². The predicted octanol–water partition coefficient (Wildman–Crippen LogP) is 1.88. The molecular formula is C20H31N3O4. The number of rotatable bonds is 9. The fourth-order valence-corrected chi connectivity index (χ4v) is 2.64. The Kier molecular flexibility index (Phi) is 8.94. The van der Waals surface area contributed by atoms with Crippen molar-refractivity contribution in [2.45, 2.75) is 40.2 Å². The monoisotopic (exact) mass is 377 g/mol. The number of methoxy groups -OCH3 is 1. The van der Waals surface area contributed by atoms with Gasteiger partial charge in [-0.05, 0) is 44.0 Å². The molecular weight excluding hydrogens is 346 g/mol. The van der Waals surface area contributed by atoms with Gasteiger partial charge in [-0.2, -0.15) is 0 Å². The third-order valence-corrected chi connectivity index (χ3v) is 4.69. The Morgan fingerprint density at radius 1 is 1.15 bits per heavy atom. The fourth-order valence-electron chi connectivity index (χ4n) is 2.64. The molecule has 7 heteroatoms. The van der Waals surface area contributed by atoms with E-state index in [4.69, 9.17) is 4.74 Å². The molecule has 1 aromatic carbocycles. The summed E-state index contributed by atoms with van der Waals surface area (Å²) in [7, 11) is 2.98. The number of aryl methyl sites for hydroxylation is 1. The lowest BCUT2D eigenvalue weighted by Gasteiger charge is -2.23. The zero-order chi connectivity index (χ0) is 20.6. The molecule has 1 aromatic rings. The number of amides is 2. The van der Waals surface area contributed by atoms with Gasteiger partial charge in [-0.15, -0.1) is 0 Å². The van der Waals surface area contributed by atoms with E-state index in [1.54, 1.807) is 11.9 Å². The highest BCUT2D eigenvalue weighted by Crippen LogP contribution is 2.17. The Labute approximate surface area is 161 Å². The van der Waals surface area contributed by atoms with Crippen LogP contribution in [0.25, 0.3) is 0 Å². The molecule has 0 aliphatic heterocycles. The SMILES string of the molecule is CC[C@@H](C)[C@H](NC(=O)CN(C)CC(=O)Nc1cccc(C)c1C)C(=O)OC. The number of carbonyl (C=O) groups is 3. The van der Waals surface area contributed by atoms with Gasteiger partial charge in [0.15, 0.2) is 0 Å². The lowest BCUT2D eigenvalue weighted by molar-refractivity contribution is -0.146. The number of nitrogens with zero attached hydrogens (tertiary/aromatic N) is 1. The minimum atomic E-state index is -0.690. The summed E-state index contributed by atoms with van der Waals surface area (Å²) in [5.41, 5.74) is 2.88. The van der Waals surface area contributed by atoms with Gasteiger partial charge >= 0.3 is 5.97 Å². The molecule has 0 fully saturated rings. The molecule has 2 atom stereocenters. The van der Waals surface area contributed by atoms with Crippen LogP contribution in [-0.2, 0) is 19.1 Å². The van der Waals surface area contributed by atoms with Crippen LogP contribution >= 0.6 is 0 Å². The first-order valence-electron chi connectivity index (χ1n) is 9.11. The Morgan fingerprint density at radius 3 is 2.37 bits per heavy atom. The van der Waals surface area contributed by atoms with E-state index in [2.05, 4.69) is 10.6 Å². The lowest BCUT2D eigenvalue weighted by atomic mass is 9.99. The van der Waals surface area contributed by atoms with Crippen molar-refractivity contribution in [3.8, 4) is 0 Å². The molecule has 1 rings (SSSR count). The van der Waals surface area contributed by atoms with E-state index < -0.39 is 12.0 Å². The molecule has 2 amide bonds. The van der Waals surface area contributed by atoms with Crippen LogP contribution in [0.5, 0.6) is 0 Å². The van der Waals surface area contributed by atoms with Crippen molar-refractivity contribution in [3.05, 3.63) is 29.3 Å². The number of likely N-dealkylation sites (N-methyl/N-ethyl adjacent to an activating group) is 1. The number of ether oxygens (including phenoxy) is 1. The number of hydrogen-bond donors (Lipinski definition) is 2. The van der Waals surface area contributed by atoms with Crippen molar-refractivity contribution >= 4 is 23.5 Å². The number of anilines is 1. The molecule has 0 heterocycles. The Morgan fingerprint density at radius 2 is 1.78 bits per heavy atom. The van der Waals surface area contributed by atoms with Crippen LogP contribution in [0.15, 0.2) is 18.2 Å². The Hall–Kier alpha value is -2.41. The van der Waals surface area contributed by atoms with Gasteiger partial charge in [0.1, 0.15) is 6.04 Å². The highest BCUT2D eigenvalue weighted by Gasteiger charge is 2.27. The average Bonchev–Trinajstić information content (AvgIpc) is 2.61. The van der Waals surface area contributed by atoms with Crippen molar-refractivity contribution in [2.24, 2.45) is 5.92 Å². The number of nitrogens with one attached hydrogen (secondary N) is 2. The lowest BCUT2D eigenvalue weighted by Crippen LogP contribution is -2.49. The Balaban J connectivity index is 2.58. The second-order valence-corrected chi connectivity index (χ2v) is 6.92. The number of benzene rings is 1. The third kappa shape index (κ3) is 7.02. The minimum Gasteiger partial charge on any atom is -0.467 e. The van der Waals surface area contributed by atoms with Crippen molar-refractivity contribution in [1.82, 2.24) is 10.2 Å². The second kappa shape index (κ2) is 10.7. The quantitative estimate of drug-likeness (QED) is 0.642. The maximum absolute atomic E-state index is 12.3. The van der Waals surface area contributed by atoms with Crippen LogP contribution in [0.3, 0.4) is 0 Å². The maximum Gasteiger partial charge on any atom is 0.328 e. The second-order valence-electron chi connectivity index (χ2n) is 6.92.